The molecule has 28 heavy (non-hydrogen) atoms. The summed E-state index contributed by atoms with van der Waals surface area (Å²) in [6, 6.07) is 13.9. The van der Waals surface area contributed by atoms with Crippen molar-refractivity contribution in [3.8, 4) is 11.4 Å². The minimum atomic E-state index is -0.314. The van der Waals surface area contributed by atoms with Gasteiger partial charge in [-0.1, -0.05) is 15.9 Å². The second-order valence-electron chi connectivity index (χ2n) is 6.82. The first-order chi connectivity index (χ1) is 13.4. The summed E-state index contributed by atoms with van der Waals surface area (Å²) >= 11 is 3.48. The highest BCUT2D eigenvalue weighted by Crippen LogP contribution is 2.33. The highest BCUT2D eigenvalue weighted by Gasteiger charge is 2.22. The number of halogens is 1. The predicted molar refractivity (Wildman–Crippen MR) is 116 cm³/mol. The van der Waals surface area contributed by atoms with E-state index in [2.05, 4.69) is 25.4 Å². The molecule has 5 nitrogen and oxygen atoms in total. The highest BCUT2D eigenvalue weighted by molar-refractivity contribution is 9.10. The minimum absolute atomic E-state index is 0.314. The van der Waals surface area contributed by atoms with Gasteiger partial charge < -0.3 is 18.9 Å². The van der Waals surface area contributed by atoms with Gasteiger partial charge in [0.2, 0.25) is 0 Å². The Hall–Kier alpha value is -2.31. The van der Waals surface area contributed by atoms with Crippen LogP contribution in [0.2, 0.25) is 0 Å². The van der Waals surface area contributed by atoms with Gasteiger partial charge in [0, 0.05) is 27.8 Å². The molecule has 0 aliphatic heterocycles. The Kier molecular flexibility index (Phi) is 6.42. The van der Waals surface area contributed by atoms with Crippen molar-refractivity contribution < 1.29 is 14.3 Å². The van der Waals surface area contributed by atoms with Crippen LogP contribution in [0.3, 0.4) is 0 Å². The Balaban J connectivity index is 2.12. The Morgan fingerprint density at radius 3 is 2.50 bits per heavy atom. The number of likely N-dealkylation sites (N-methyl/N-ethyl adjacent to an activating group) is 1. The first kappa shape index (κ1) is 20.4. The predicted octanol–water partition coefficient (Wildman–Crippen LogP) is 4.82. The van der Waals surface area contributed by atoms with E-state index < -0.39 is 0 Å². The molecule has 0 amide bonds. The van der Waals surface area contributed by atoms with E-state index in [1.54, 1.807) is 0 Å². The Morgan fingerprint density at radius 1 is 1.14 bits per heavy atom. The van der Waals surface area contributed by atoms with Crippen LogP contribution in [-0.2, 0) is 4.74 Å². The average molecular weight is 445 g/mol. The van der Waals surface area contributed by atoms with Gasteiger partial charge in [-0.25, -0.2) is 4.79 Å². The zero-order valence-corrected chi connectivity index (χ0v) is 18.2. The maximum Gasteiger partial charge on any atom is 0.340 e. The number of carbonyl (C=O) groups excluding carboxylic acids is 1. The van der Waals surface area contributed by atoms with Crippen molar-refractivity contribution in [2.24, 2.45) is 0 Å². The van der Waals surface area contributed by atoms with Gasteiger partial charge in [-0.15, -0.1) is 0 Å². The summed E-state index contributed by atoms with van der Waals surface area (Å²) in [6.07, 6.45) is 0. The van der Waals surface area contributed by atoms with Gasteiger partial charge in [0.1, 0.15) is 12.4 Å². The van der Waals surface area contributed by atoms with E-state index >= 15 is 0 Å². The standard InChI is InChI=1S/C22H25BrN2O3/c1-5-27-22(26)21-15(2)25(17-8-6-16(23)7-9-17)20-11-10-18(14-19(20)21)28-13-12-24(3)4/h6-11,14H,5,12-13H2,1-4H3. The zero-order valence-electron chi connectivity index (χ0n) is 16.7. The number of esters is 1. The number of nitrogens with zero attached hydrogens (tertiary/aromatic N) is 2. The summed E-state index contributed by atoms with van der Waals surface area (Å²) in [5.41, 5.74) is 3.37. The number of hydrogen-bond donors (Lipinski definition) is 0. The van der Waals surface area contributed by atoms with Gasteiger partial charge in [-0.3, -0.25) is 0 Å². The van der Waals surface area contributed by atoms with E-state index in [4.69, 9.17) is 9.47 Å². The molecule has 148 valence electrons. The van der Waals surface area contributed by atoms with Crippen LogP contribution in [0.1, 0.15) is 23.0 Å². The summed E-state index contributed by atoms with van der Waals surface area (Å²) in [7, 11) is 4.01. The molecule has 0 N–H and O–H groups in total. The summed E-state index contributed by atoms with van der Waals surface area (Å²) in [6.45, 7) is 5.50. The summed E-state index contributed by atoms with van der Waals surface area (Å²) in [4.78, 5) is 14.8. The number of benzene rings is 2. The molecule has 1 aromatic heterocycles. The fraction of sp³-hybridized carbons (Fsp3) is 0.318. The van der Waals surface area contributed by atoms with Gasteiger partial charge in [0.05, 0.1) is 17.7 Å². The number of carbonyl (C=O) groups is 1. The first-order valence-electron chi connectivity index (χ1n) is 9.28. The molecule has 3 rings (SSSR count). The fourth-order valence-corrected chi connectivity index (χ4v) is 3.48. The lowest BCUT2D eigenvalue weighted by Crippen LogP contribution is -2.19. The smallest absolute Gasteiger partial charge is 0.340 e. The van der Waals surface area contributed by atoms with Crippen molar-refractivity contribution in [3.63, 3.8) is 0 Å². The lowest BCUT2D eigenvalue weighted by Gasteiger charge is -2.11. The molecule has 0 bridgehead atoms. The molecule has 0 spiro atoms. The summed E-state index contributed by atoms with van der Waals surface area (Å²) in [5, 5.41) is 0.834. The van der Waals surface area contributed by atoms with Gasteiger partial charge >= 0.3 is 5.97 Å². The molecule has 0 fully saturated rings. The minimum Gasteiger partial charge on any atom is -0.492 e. The molecule has 6 heteroatoms. The van der Waals surface area contributed by atoms with Crippen molar-refractivity contribution in [2.45, 2.75) is 13.8 Å². The molecule has 0 unspecified atom stereocenters. The molecule has 0 aliphatic carbocycles. The quantitative estimate of drug-likeness (QED) is 0.490. The molecule has 0 saturated carbocycles. The molecule has 0 atom stereocenters. The number of aromatic nitrogens is 1. The fourth-order valence-electron chi connectivity index (χ4n) is 3.22. The van der Waals surface area contributed by atoms with Crippen LogP contribution >= 0.6 is 15.9 Å². The second kappa shape index (κ2) is 8.80. The SMILES string of the molecule is CCOC(=O)c1c(C)n(-c2ccc(Br)cc2)c2ccc(OCCN(C)C)cc12. The Morgan fingerprint density at radius 2 is 1.86 bits per heavy atom. The third-order valence-electron chi connectivity index (χ3n) is 4.55. The lowest BCUT2D eigenvalue weighted by atomic mass is 10.1. The summed E-state index contributed by atoms with van der Waals surface area (Å²) in [5.74, 6) is 0.430. The maximum absolute atomic E-state index is 12.7. The molecule has 1 heterocycles. The van der Waals surface area contributed by atoms with Crippen molar-refractivity contribution in [1.29, 1.82) is 0 Å². The van der Waals surface area contributed by atoms with Gasteiger partial charge in [-0.2, -0.15) is 0 Å². The first-order valence-corrected chi connectivity index (χ1v) is 10.1. The molecular weight excluding hydrogens is 420 g/mol. The van der Waals surface area contributed by atoms with E-state index in [9.17, 15) is 4.79 Å². The zero-order chi connectivity index (χ0) is 20.3. The van der Waals surface area contributed by atoms with Crippen LogP contribution in [-0.4, -0.2) is 49.3 Å². The van der Waals surface area contributed by atoms with E-state index in [0.29, 0.717) is 18.8 Å². The maximum atomic E-state index is 12.7. The highest BCUT2D eigenvalue weighted by atomic mass is 79.9. The normalized spacial score (nSPS) is 11.2. The van der Waals surface area contributed by atoms with E-state index in [-0.39, 0.29) is 5.97 Å². The van der Waals surface area contributed by atoms with E-state index in [1.165, 1.54) is 0 Å². The Labute approximate surface area is 174 Å². The number of ether oxygens (including phenoxy) is 2. The van der Waals surface area contributed by atoms with Gasteiger partial charge in [0.15, 0.2) is 0 Å². The molecular formula is C22H25BrN2O3. The van der Waals surface area contributed by atoms with Crippen LogP contribution in [0.5, 0.6) is 5.75 Å². The van der Waals surface area contributed by atoms with E-state index in [0.717, 1.165) is 39.1 Å². The average Bonchev–Trinajstić information content (AvgIpc) is 2.93. The molecule has 2 aromatic carbocycles. The number of fused-ring (bicyclic) bond motifs is 1. The number of rotatable bonds is 7. The largest absolute Gasteiger partial charge is 0.492 e. The van der Waals surface area contributed by atoms with Crippen molar-refractivity contribution in [2.75, 3.05) is 33.9 Å². The topological polar surface area (TPSA) is 43.7 Å². The monoisotopic (exact) mass is 444 g/mol. The van der Waals surface area contributed by atoms with Crippen LogP contribution in [0, 0.1) is 6.92 Å². The molecule has 0 radical (unpaired) electrons. The third-order valence-corrected chi connectivity index (χ3v) is 5.08. The molecule has 3 aromatic rings. The lowest BCUT2D eigenvalue weighted by molar-refractivity contribution is 0.0527. The Bertz CT molecular complexity index is 978. The van der Waals surface area contributed by atoms with Crippen LogP contribution < -0.4 is 4.74 Å². The van der Waals surface area contributed by atoms with Crippen molar-refractivity contribution >= 4 is 32.8 Å². The van der Waals surface area contributed by atoms with Crippen LogP contribution in [0.15, 0.2) is 46.9 Å². The van der Waals surface area contributed by atoms with E-state index in [1.807, 2.05) is 70.4 Å². The summed E-state index contributed by atoms with van der Waals surface area (Å²) < 4.78 is 14.3. The molecule has 0 aliphatic rings. The second-order valence-corrected chi connectivity index (χ2v) is 7.74. The van der Waals surface area contributed by atoms with Gasteiger partial charge in [0.25, 0.3) is 0 Å². The van der Waals surface area contributed by atoms with Crippen molar-refractivity contribution in [1.82, 2.24) is 9.47 Å². The third kappa shape index (κ3) is 4.23. The van der Waals surface area contributed by atoms with Crippen molar-refractivity contribution in [3.05, 3.63) is 58.2 Å². The van der Waals surface area contributed by atoms with Gasteiger partial charge in [-0.05, 0) is 70.4 Å². The van der Waals surface area contributed by atoms with Crippen LogP contribution in [0.25, 0.3) is 16.6 Å². The van der Waals surface area contributed by atoms with Crippen LogP contribution in [0.4, 0.5) is 0 Å². The molecule has 0 saturated heterocycles. The number of hydrogen-bond acceptors (Lipinski definition) is 4.